The molecule has 3 nitrogen and oxygen atoms in total. The number of nitriles is 1. The van der Waals surface area contributed by atoms with E-state index in [4.69, 9.17) is 15.9 Å². The number of nitrogens with zero attached hydrogens (tertiary/aromatic N) is 1. The Morgan fingerprint density at radius 1 is 1.50 bits per heavy atom. The average Bonchev–Trinajstić information content (AvgIpc) is 2.06. The first-order chi connectivity index (χ1) is 6.38. The van der Waals surface area contributed by atoms with Crippen molar-refractivity contribution >= 4 is 35.7 Å². The van der Waals surface area contributed by atoms with Crippen LogP contribution in [0.5, 0.6) is 0 Å². The second-order valence-electron chi connectivity index (χ2n) is 2.62. The molecule has 1 aromatic carbocycles. The van der Waals surface area contributed by atoms with E-state index in [0.29, 0.717) is 10.0 Å². The molecule has 1 rings (SSSR count). The van der Waals surface area contributed by atoms with Crippen LogP contribution in [0.3, 0.4) is 0 Å². The van der Waals surface area contributed by atoms with Crippen LogP contribution in [-0.4, -0.2) is 8.42 Å². The molecule has 0 unspecified atom stereocenters. The topological polar surface area (TPSA) is 57.9 Å². The molecular formula is C8H5BrClNO2S. The van der Waals surface area contributed by atoms with Crippen molar-refractivity contribution in [3.8, 4) is 6.07 Å². The van der Waals surface area contributed by atoms with Crippen LogP contribution in [0.1, 0.15) is 11.1 Å². The third kappa shape index (κ3) is 2.08. The Hall–Kier alpha value is -0.570. The zero-order chi connectivity index (χ0) is 10.9. The van der Waals surface area contributed by atoms with E-state index >= 15 is 0 Å². The molecule has 0 aliphatic rings. The molecule has 0 saturated heterocycles. The number of aryl methyl sites for hydroxylation is 1. The first kappa shape index (κ1) is 11.5. The van der Waals surface area contributed by atoms with Crippen LogP contribution in [0, 0.1) is 18.3 Å². The van der Waals surface area contributed by atoms with Crippen LogP contribution < -0.4 is 0 Å². The highest BCUT2D eigenvalue weighted by molar-refractivity contribution is 9.10. The summed E-state index contributed by atoms with van der Waals surface area (Å²) in [6, 6.07) is 4.99. The maximum Gasteiger partial charge on any atom is 0.262 e. The summed E-state index contributed by atoms with van der Waals surface area (Å²) in [5.74, 6) is 0. The number of hydrogen-bond donors (Lipinski definition) is 0. The quantitative estimate of drug-likeness (QED) is 0.748. The Labute approximate surface area is 94.9 Å². The van der Waals surface area contributed by atoms with Crippen LogP contribution >= 0.6 is 26.6 Å². The zero-order valence-electron chi connectivity index (χ0n) is 7.08. The van der Waals surface area contributed by atoms with Crippen LogP contribution in [-0.2, 0) is 9.05 Å². The van der Waals surface area contributed by atoms with Gasteiger partial charge in [-0.05, 0) is 34.5 Å². The molecule has 74 valence electrons. The molecule has 14 heavy (non-hydrogen) atoms. The van der Waals surface area contributed by atoms with Crippen LogP contribution in [0.4, 0.5) is 0 Å². The smallest absolute Gasteiger partial charge is 0.207 e. The molecule has 0 saturated carbocycles. The van der Waals surface area contributed by atoms with Crippen molar-refractivity contribution in [2.75, 3.05) is 0 Å². The van der Waals surface area contributed by atoms with Gasteiger partial charge in [-0.15, -0.1) is 0 Å². The molecule has 0 atom stereocenters. The Balaban J connectivity index is 3.74. The lowest BCUT2D eigenvalue weighted by Crippen LogP contribution is -1.99. The monoisotopic (exact) mass is 293 g/mol. The van der Waals surface area contributed by atoms with Gasteiger partial charge >= 0.3 is 0 Å². The molecule has 6 heteroatoms. The lowest BCUT2D eigenvalue weighted by molar-refractivity contribution is 0.608. The van der Waals surface area contributed by atoms with Gasteiger partial charge in [0, 0.05) is 15.2 Å². The fourth-order valence-corrected chi connectivity index (χ4v) is 3.08. The molecule has 0 aromatic heterocycles. The fourth-order valence-electron chi connectivity index (χ4n) is 1.08. The van der Waals surface area contributed by atoms with E-state index in [1.807, 2.05) is 0 Å². The highest BCUT2D eigenvalue weighted by atomic mass is 79.9. The Morgan fingerprint density at radius 2 is 2.07 bits per heavy atom. The molecule has 0 spiro atoms. The maximum atomic E-state index is 11.2. The predicted molar refractivity (Wildman–Crippen MR) is 56.6 cm³/mol. The number of rotatable bonds is 1. The minimum atomic E-state index is -3.88. The van der Waals surface area contributed by atoms with E-state index in [-0.39, 0.29) is 10.5 Å². The van der Waals surface area contributed by atoms with Crippen molar-refractivity contribution in [1.29, 1.82) is 5.26 Å². The molecule has 0 heterocycles. The predicted octanol–water partition coefficient (Wildman–Crippen LogP) is 2.56. The maximum absolute atomic E-state index is 11.2. The van der Waals surface area contributed by atoms with Gasteiger partial charge in [-0.1, -0.05) is 6.07 Å². The summed E-state index contributed by atoms with van der Waals surface area (Å²) in [5.41, 5.74) is 0.500. The fraction of sp³-hybridized carbons (Fsp3) is 0.125. The second-order valence-corrected chi connectivity index (χ2v) is 5.98. The van der Waals surface area contributed by atoms with E-state index in [9.17, 15) is 8.42 Å². The Bertz CT molecular complexity index is 519. The van der Waals surface area contributed by atoms with Gasteiger partial charge in [-0.25, -0.2) is 8.42 Å². The highest BCUT2D eigenvalue weighted by Crippen LogP contribution is 2.29. The molecule has 0 aliphatic heterocycles. The molecule has 0 radical (unpaired) electrons. The van der Waals surface area contributed by atoms with E-state index in [1.54, 1.807) is 25.1 Å². The molecule has 0 amide bonds. The summed E-state index contributed by atoms with van der Waals surface area (Å²) in [6.07, 6.45) is 0. The van der Waals surface area contributed by atoms with E-state index < -0.39 is 9.05 Å². The van der Waals surface area contributed by atoms with Gasteiger partial charge < -0.3 is 0 Å². The molecule has 0 N–H and O–H groups in total. The molecular weight excluding hydrogens is 290 g/mol. The van der Waals surface area contributed by atoms with Gasteiger partial charge in [0.2, 0.25) is 0 Å². The van der Waals surface area contributed by atoms with Gasteiger partial charge in [0.1, 0.15) is 11.0 Å². The first-order valence-electron chi connectivity index (χ1n) is 3.52. The van der Waals surface area contributed by atoms with Crippen molar-refractivity contribution < 1.29 is 8.42 Å². The van der Waals surface area contributed by atoms with Crippen molar-refractivity contribution in [2.24, 2.45) is 0 Å². The number of hydrogen-bond acceptors (Lipinski definition) is 3. The van der Waals surface area contributed by atoms with Crippen LogP contribution in [0.25, 0.3) is 0 Å². The molecule has 0 fully saturated rings. The van der Waals surface area contributed by atoms with Gasteiger partial charge in [0.25, 0.3) is 9.05 Å². The summed E-state index contributed by atoms with van der Waals surface area (Å²) in [6.45, 7) is 1.59. The third-order valence-electron chi connectivity index (χ3n) is 1.66. The van der Waals surface area contributed by atoms with Crippen LogP contribution in [0.15, 0.2) is 21.5 Å². The van der Waals surface area contributed by atoms with Gasteiger partial charge in [0.05, 0.1) is 5.56 Å². The Morgan fingerprint density at radius 3 is 2.43 bits per heavy atom. The number of benzene rings is 1. The first-order valence-corrected chi connectivity index (χ1v) is 6.62. The van der Waals surface area contributed by atoms with Crippen molar-refractivity contribution in [3.05, 3.63) is 27.7 Å². The highest BCUT2D eigenvalue weighted by Gasteiger charge is 2.20. The lowest BCUT2D eigenvalue weighted by atomic mass is 10.1. The minimum absolute atomic E-state index is 0.0417. The van der Waals surface area contributed by atoms with E-state index in [0.717, 1.165) is 0 Å². The molecule has 1 aromatic rings. The summed E-state index contributed by atoms with van der Waals surface area (Å²) < 4.78 is 22.8. The van der Waals surface area contributed by atoms with Crippen molar-refractivity contribution in [2.45, 2.75) is 11.8 Å². The number of halogens is 2. The van der Waals surface area contributed by atoms with Crippen molar-refractivity contribution in [1.82, 2.24) is 0 Å². The van der Waals surface area contributed by atoms with Crippen molar-refractivity contribution in [3.63, 3.8) is 0 Å². The third-order valence-corrected chi connectivity index (χ3v) is 3.80. The summed E-state index contributed by atoms with van der Waals surface area (Å²) >= 11 is 3.09. The van der Waals surface area contributed by atoms with Crippen LogP contribution in [0.2, 0.25) is 0 Å². The summed E-state index contributed by atoms with van der Waals surface area (Å²) in [5, 5.41) is 8.78. The van der Waals surface area contributed by atoms with E-state index in [2.05, 4.69) is 15.9 Å². The zero-order valence-corrected chi connectivity index (χ0v) is 10.2. The Kier molecular flexibility index (Phi) is 3.20. The molecule has 0 bridgehead atoms. The average molecular weight is 295 g/mol. The minimum Gasteiger partial charge on any atom is -0.207 e. The summed E-state index contributed by atoms with van der Waals surface area (Å²) in [7, 11) is 1.34. The molecule has 0 aliphatic carbocycles. The normalized spacial score (nSPS) is 11.0. The van der Waals surface area contributed by atoms with Gasteiger partial charge in [-0.3, -0.25) is 0 Å². The second kappa shape index (κ2) is 3.89. The van der Waals surface area contributed by atoms with E-state index in [1.165, 1.54) is 0 Å². The standard InChI is InChI=1S/C8H5BrClNO2S/c1-5-2-3-7(9)6(4-11)8(5)14(10,12)13/h2-3H,1H3. The lowest BCUT2D eigenvalue weighted by Gasteiger charge is -2.05. The van der Waals surface area contributed by atoms with Gasteiger partial charge in [0.15, 0.2) is 0 Å². The summed E-state index contributed by atoms with van der Waals surface area (Å²) in [4.78, 5) is -0.129. The largest absolute Gasteiger partial charge is 0.262 e. The SMILES string of the molecule is Cc1ccc(Br)c(C#N)c1S(=O)(=O)Cl. The van der Waals surface area contributed by atoms with Gasteiger partial charge in [-0.2, -0.15) is 5.26 Å².